The van der Waals surface area contributed by atoms with E-state index in [4.69, 9.17) is 4.52 Å². The van der Waals surface area contributed by atoms with E-state index in [0.29, 0.717) is 17.8 Å². The summed E-state index contributed by atoms with van der Waals surface area (Å²) >= 11 is 0. The van der Waals surface area contributed by atoms with Crippen molar-refractivity contribution in [2.24, 2.45) is 5.92 Å². The molecule has 0 fully saturated rings. The van der Waals surface area contributed by atoms with E-state index in [1.807, 2.05) is 6.92 Å². The summed E-state index contributed by atoms with van der Waals surface area (Å²) in [6, 6.07) is 9.17. The Morgan fingerprint density at radius 2 is 2.06 bits per heavy atom. The van der Waals surface area contributed by atoms with Gasteiger partial charge in [-0.15, -0.1) is 0 Å². The van der Waals surface area contributed by atoms with Gasteiger partial charge in [0.2, 0.25) is 17.6 Å². The number of nitrogens with one attached hydrogen (secondary N) is 1. The molecule has 0 saturated heterocycles. The Bertz CT molecular complexity index is 1240. The quantitative estimate of drug-likeness (QED) is 0.480. The van der Waals surface area contributed by atoms with Crippen LogP contribution >= 0.6 is 0 Å². The van der Waals surface area contributed by atoms with E-state index in [0.717, 1.165) is 5.56 Å². The van der Waals surface area contributed by atoms with E-state index in [-0.39, 0.29) is 65.9 Å². The van der Waals surface area contributed by atoms with Gasteiger partial charge in [-0.05, 0) is 54.5 Å². The third-order valence-corrected chi connectivity index (χ3v) is 5.84. The van der Waals surface area contributed by atoms with Crippen LogP contribution in [0.15, 0.2) is 58.4 Å². The summed E-state index contributed by atoms with van der Waals surface area (Å²) < 4.78 is 18.8. The molecule has 0 radical (unpaired) electrons. The van der Waals surface area contributed by atoms with Crippen molar-refractivity contribution in [2.75, 3.05) is 0 Å². The molecule has 0 bridgehead atoms. The molecule has 9 nitrogen and oxygen atoms in total. The molecule has 2 aromatic heterocycles. The van der Waals surface area contributed by atoms with Gasteiger partial charge in [0.25, 0.3) is 0 Å². The fraction of sp³-hybridized carbons (Fsp3) is 0.292. The van der Waals surface area contributed by atoms with Crippen LogP contribution in [0.2, 0.25) is 0 Å². The number of aryl methyl sites for hydroxylation is 1. The summed E-state index contributed by atoms with van der Waals surface area (Å²) in [5, 5.41) is 25.6. The number of carbonyl (C=O) groups excluding carboxylic acids is 1. The minimum absolute atomic E-state index is 0.0107. The maximum atomic E-state index is 13.7. The van der Waals surface area contributed by atoms with Crippen LogP contribution in [0.25, 0.3) is 11.5 Å². The minimum Gasteiger partial charge on any atom is -0.506 e. The molecule has 2 atom stereocenters. The summed E-state index contributed by atoms with van der Waals surface area (Å²) in [4.78, 5) is 32.6. The van der Waals surface area contributed by atoms with Crippen molar-refractivity contribution in [2.45, 2.75) is 38.5 Å². The third-order valence-electron chi connectivity index (χ3n) is 5.84. The Kier molecular flexibility index (Phi) is 6.67. The maximum absolute atomic E-state index is 13.7. The zero-order valence-corrected chi connectivity index (χ0v) is 18.4. The minimum atomic E-state index is -1.11. The number of hydrogen-bond acceptors (Lipinski definition) is 7. The van der Waals surface area contributed by atoms with Gasteiger partial charge in [0.1, 0.15) is 17.3 Å². The SMILES string of the molecule is C[C@H]1CC(NC(=O)CCc2nc(-c3ccc(O)cn3)no2)=C(C(=O)O)C[C@H]1c1cccc(F)c1. The van der Waals surface area contributed by atoms with Crippen LogP contribution in [0.4, 0.5) is 4.39 Å². The topological polar surface area (TPSA) is 138 Å². The van der Waals surface area contributed by atoms with Gasteiger partial charge in [-0.1, -0.05) is 24.2 Å². The number of benzene rings is 1. The molecule has 4 rings (SSSR count). The summed E-state index contributed by atoms with van der Waals surface area (Å²) in [7, 11) is 0. The van der Waals surface area contributed by atoms with Crippen LogP contribution in [0.1, 0.15) is 43.6 Å². The highest BCUT2D eigenvalue weighted by molar-refractivity contribution is 5.89. The van der Waals surface area contributed by atoms with Crippen molar-refractivity contribution in [1.82, 2.24) is 20.4 Å². The van der Waals surface area contributed by atoms with Crippen LogP contribution in [0.5, 0.6) is 5.75 Å². The Morgan fingerprint density at radius 1 is 1.24 bits per heavy atom. The standard InChI is InChI=1S/C24H23FN4O5/c1-13-9-20(18(24(32)33)11-17(13)14-3-2-4-15(25)10-14)27-21(31)7-8-22-28-23(29-34-22)19-6-5-16(30)12-26-19/h2-6,10,12-13,17,30H,7-9,11H2,1H3,(H,27,31)(H,32,33)/t13-,17+/m0/s1. The van der Waals surface area contributed by atoms with E-state index in [1.165, 1.54) is 30.5 Å². The van der Waals surface area contributed by atoms with Gasteiger partial charge >= 0.3 is 5.97 Å². The van der Waals surface area contributed by atoms with Crippen LogP contribution in [0.3, 0.4) is 0 Å². The van der Waals surface area contributed by atoms with E-state index in [2.05, 4.69) is 20.4 Å². The molecule has 2 heterocycles. The second kappa shape index (κ2) is 9.82. The first-order valence-electron chi connectivity index (χ1n) is 10.8. The second-order valence-electron chi connectivity index (χ2n) is 8.27. The predicted octanol–water partition coefficient (Wildman–Crippen LogP) is 3.58. The van der Waals surface area contributed by atoms with E-state index in [9.17, 15) is 24.2 Å². The van der Waals surface area contributed by atoms with Crippen molar-refractivity contribution in [3.8, 4) is 17.3 Å². The molecule has 34 heavy (non-hydrogen) atoms. The lowest BCUT2D eigenvalue weighted by Gasteiger charge is -2.32. The number of pyridine rings is 1. The Labute approximate surface area is 194 Å². The van der Waals surface area contributed by atoms with E-state index >= 15 is 0 Å². The summed E-state index contributed by atoms with van der Waals surface area (Å²) in [5.74, 6) is -1.51. The molecule has 1 aromatic carbocycles. The molecule has 0 unspecified atom stereocenters. The first-order chi connectivity index (χ1) is 16.3. The van der Waals surface area contributed by atoms with Gasteiger partial charge in [-0.25, -0.2) is 14.2 Å². The van der Waals surface area contributed by atoms with Crippen LogP contribution in [-0.4, -0.2) is 37.2 Å². The lowest BCUT2D eigenvalue weighted by Crippen LogP contribution is -2.31. The average Bonchev–Trinajstić information content (AvgIpc) is 3.27. The number of carbonyl (C=O) groups is 2. The molecule has 3 aromatic rings. The van der Waals surface area contributed by atoms with Crippen LogP contribution in [-0.2, 0) is 16.0 Å². The van der Waals surface area contributed by atoms with Gasteiger partial charge in [0, 0.05) is 18.5 Å². The van der Waals surface area contributed by atoms with Gasteiger partial charge in [0.05, 0.1) is 11.8 Å². The van der Waals surface area contributed by atoms with Crippen molar-refractivity contribution in [1.29, 1.82) is 0 Å². The number of rotatable bonds is 7. The second-order valence-corrected chi connectivity index (χ2v) is 8.27. The number of aromatic nitrogens is 3. The number of allylic oxidation sites excluding steroid dienone is 1. The molecule has 0 aliphatic heterocycles. The lowest BCUT2D eigenvalue weighted by molar-refractivity contribution is -0.133. The summed E-state index contributed by atoms with van der Waals surface area (Å²) in [6.07, 6.45) is 1.99. The van der Waals surface area contributed by atoms with Gasteiger partial charge < -0.3 is 20.1 Å². The van der Waals surface area contributed by atoms with Gasteiger partial charge in [-0.3, -0.25) is 4.79 Å². The Morgan fingerprint density at radius 3 is 2.76 bits per heavy atom. The van der Waals surface area contributed by atoms with Crippen molar-refractivity contribution in [3.05, 3.63) is 71.1 Å². The van der Waals surface area contributed by atoms with Crippen LogP contribution < -0.4 is 5.32 Å². The molecular formula is C24H23FN4O5. The highest BCUT2D eigenvalue weighted by Gasteiger charge is 2.32. The van der Waals surface area contributed by atoms with Crippen molar-refractivity contribution >= 4 is 11.9 Å². The van der Waals surface area contributed by atoms with E-state index in [1.54, 1.807) is 12.1 Å². The summed E-state index contributed by atoms with van der Waals surface area (Å²) in [5.41, 5.74) is 1.65. The largest absolute Gasteiger partial charge is 0.506 e. The molecule has 3 N–H and O–H groups in total. The number of hydrogen-bond donors (Lipinski definition) is 3. The number of carboxylic acids is 1. The average molecular weight is 466 g/mol. The Balaban J connectivity index is 1.41. The molecule has 1 amide bonds. The number of nitrogens with zero attached hydrogens (tertiary/aromatic N) is 3. The van der Waals surface area contributed by atoms with Crippen LogP contribution in [0, 0.1) is 11.7 Å². The van der Waals surface area contributed by atoms with Crippen molar-refractivity contribution < 1.29 is 28.7 Å². The third kappa shape index (κ3) is 5.28. The molecule has 0 spiro atoms. The highest BCUT2D eigenvalue weighted by atomic mass is 19.1. The zero-order chi connectivity index (χ0) is 24.2. The fourth-order valence-electron chi connectivity index (χ4n) is 4.09. The normalized spacial score (nSPS) is 18.1. The fourth-order valence-corrected chi connectivity index (χ4v) is 4.09. The number of aromatic hydroxyl groups is 1. The maximum Gasteiger partial charge on any atom is 0.333 e. The smallest absolute Gasteiger partial charge is 0.333 e. The van der Waals surface area contributed by atoms with Gasteiger partial charge in [0.15, 0.2) is 0 Å². The van der Waals surface area contributed by atoms with E-state index < -0.39 is 5.97 Å². The number of aliphatic carboxylic acids is 1. The number of carboxylic acid groups (broad SMARTS) is 1. The summed E-state index contributed by atoms with van der Waals surface area (Å²) in [6.45, 7) is 1.96. The number of amides is 1. The Hall–Kier alpha value is -4.08. The molecule has 10 heteroatoms. The lowest BCUT2D eigenvalue weighted by atomic mass is 9.75. The molecule has 176 valence electrons. The highest BCUT2D eigenvalue weighted by Crippen LogP contribution is 2.40. The van der Waals surface area contributed by atoms with Crippen molar-refractivity contribution in [3.63, 3.8) is 0 Å². The first-order valence-corrected chi connectivity index (χ1v) is 10.8. The number of halogens is 1. The predicted molar refractivity (Wildman–Crippen MR) is 118 cm³/mol. The molecule has 1 aliphatic carbocycles. The molecular weight excluding hydrogens is 443 g/mol. The monoisotopic (exact) mass is 466 g/mol. The van der Waals surface area contributed by atoms with Gasteiger partial charge in [-0.2, -0.15) is 4.98 Å². The molecule has 0 saturated carbocycles. The zero-order valence-electron chi connectivity index (χ0n) is 18.4. The first kappa shape index (κ1) is 23.1. The molecule has 1 aliphatic rings.